The van der Waals surface area contributed by atoms with Crippen LogP contribution < -0.4 is 14.8 Å². The quantitative estimate of drug-likeness (QED) is 0.880. The number of hydrogen-bond donors (Lipinski definition) is 2. The standard InChI is InChI=1S/C16H23NO3/c1-19-15-4-5-16-12(8-15)7-14(10-20-16)17-13-3-2-11(6-13)9-18/h4-5,8,11,13-14,17-18H,2-3,6-7,9-10H2,1H3/t11-,13+,14+/m1/s1. The molecule has 0 amide bonds. The summed E-state index contributed by atoms with van der Waals surface area (Å²) in [6, 6.07) is 6.87. The third-order valence-electron chi connectivity index (χ3n) is 4.44. The van der Waals surface area contributed by atoms with Crippen molar-refractivity contribution in [3.05, 3.63) is 23.8 Å². The Kier molecular flexibility index (Phi) is 4.13. The van der Waals surface area contributed by atoms with Gasteiger partial charge in [0, 0.05) is 18.7 Å². The van der Waals surface area contributed by atoms with Crippen LogP contribution in [0.3, 0.4) is 0 Å². The van der Waals surface area contributed by atoms with E-state index in [9.17, 15) is 5.11 Å². The van der Waals surface area contributed by atoms with Crippen LogP contribution in [0.4, 0.5) is 0 Å². The summed E-state index contributed by atoms with van der Waals surface area (Å²) in [5.74, 6) is 2.34. The van der Waals surface area contributed by atoms with Crippen molar-refractivity contribution in [2.24, 2.45) is 5.92 Å². The van der Waals surface area contributed by atoms with Crippen LogP contribution in [0.15, 0.2) is 18.2 Å². The molecule has 4 heteroatoms. The Bertz CT molecular complexity index is 463. The van der Waals surface area contributed by atoms with Crippen molar-refractivity contribution in [1.82, 2.24) is 5.32 Å². The highest BCUT2D eigenvalue weighted by Gasteiger charge is 2.28. The highest BCUT2D eigenvalue weighted by atomic mass is 16.5. The smallest absolute Gasteiger partial charge is 0.122 e. The summed E-state index contributed by atoms with van der Waals surface area (Å²) < 4.78 is 11.1. The monoisotopic (exact) mass is 277 g/mol. The number of hydrogen-bond acceptors (Lipinski definition) is 4. The predicted molar refractivity (Wildman–Crippen MR) is 77.3 cm³/mol. The zero-order valence-corrected chi connectivity index (χ0v) is 12.0. The number of benzene rings is 1. The summed E-state index contributed by atoms with van der Waals surface area (Å²) in [6.45, 7) is 1.04. The predicted octanol–water partition coefficient (Wildman–Crippen LogP) is 1.75. The van der Waals surface area contributed by atoms with E-state index >= 15 is 0 Å². The summed E-state index contributed by atoms with van der Waals surface area (Å²) in [4.78, 5) is 0. The third-order valence-corrected chi connectivity index (χ3v) is 4.44. The summed E-state index contributed by atoms with van der Waals surface area (Å²) in [7, 11) is 1.69. The van der Waals surface area contributed by atoms with Gasteiger partial charge in [-0.2, -0.15) is 0 Å². The molecule has 1 fully saturated rings. The molecule has 1 aromatic rings. The van der Waals surface area contributed by atoms with E-state index in [4.69, 9.17) is 9.47 Å². The van der Waals surface area contributed by atoms with Gasteiger partial charge in [-0.25, -0.2) is 0 Å². The van der Waals surface area contributed by atoms with Gasteiger partial charge >= 0.3 is 0 Å². The Morgan fingerprint density at radius 3 is 3.00 bits per heavy atom. The second-order valence-corrected chi connectivity index (χ2v) is 5.91. The van der Waals surface area contributed by atoms with Crippen molar-refractivity contribution in [1.29, 1.82) is 0 Å². The van der Waals surface area contributed by atoms with Gasteiger partial charge in [0.2, 0.25) is 0 Å². The van der Waals surface area contributed by atoms with Crippen molar-refractivity contribution in [2.45, 2.75) is 37.8 Å². The van der Waals surface area contributed by atoms with Crippen LogP contribution in [0.5, 0.6) is 11.5 Å². The highest BCUT2D eigenvalue weighted by molar-refractivity contribution is 5.42. The largest absolute Gasteiger partial charge is 0.497 e. The Labute approximate surface area is 120 Å². The van der Waals surface area contributed by atoms with E-state index < -0.39 is 0 Å². The zero-order valence-electron chi connectivity index (χ0n) is 12.0. The minimum atomic E-state index is 0.319. The van der Waals surface area contributed by atoms with Crippen LogP contribution in [0, 0.1) is 5.92 Å². The van der Waals surface area contributed by atoms with Crippen LogP contribution >= 0.6 is 0 Å². The Hall–Kier alpha value is -1.26. The molecule has 3 rings (SSSR count). The minimum absolute atomic E-state index is 0.319. The van der Waals surface area contributed by atoms with Crippen LogP contribution in [0.1, 0.15) is 24.8 Å². The molecule has 0 spiro atoms. The first-order chi connectivity index (χ1) is 9.78. The summed E-state index contributed by atoms with van der Waals surface area (Å²) >= 11 is 0. The van der Waals surface area contributed by atoms with Crippen LogP contribution in [-0.4, -0.2) is 37.5 Å². The Morgan fingerprint density at radius 1 is 1.35 bits per heavy atom. The van der Waals surface area contributed by atoms with Crippen molar-refractivity contribution >= 4 is 0 Å². The molecular formula is C16H23NO3. The third kappa shape index (κ3) is 2.91. The lowest BCUT2D eigenvalue weighted by Gasteiger charge is -2.29. The van der Waals surface area contributed by atoms with Gasteiger partial charge in [-0.05, 0) is 55.4 Å². The molecule has 1 saturated carbocycles. The molecule has 0 saturated heterocycles. The van der Waals surface area contributed by atoms with Crippen molar-refractivity contribution in [2.75, 3.05) is 20.3 Å². The van der Waals surface area contributed by atoms with Gasteiger partial charge in [0.05, 0.1) is 7.11 Å². The molecule has 0 radical (unpaired) electrons. The van der Waals surface area contributed by atoms with Crippen molar-refractivity contribution in [3.8, 4) is 11.5 Å². The maximum Gasteiger partial charge on any atom is 0.122 e. The molecule has 1 aliphatic heterocycles. The first-order valence-electron chi connectivity index (χ1n) is 7.45. The second-order valence-electron chi connectivity index (χ2n) is 5.91. The van der Waals surface area contributed by atoms with E-state index in [1.165, 1.54) is 5.56 Å². The van der Waals surface area contributed by atoms with Crippen LogP contribution in [-0.2, 0) is 6.42 Å². The molecule has 1 heterocycles. The first-order valence-corrected chi connectivity index (χ1v) is 7.45. The molecule has 1 aliphatic carbocycles. The second kappa shape index (κ2) is 6.02. The number of rotatable bonds is 4. The van der Waals surface area contributed by atoms with Gasteiger partial charge in [-0.3, -0.25) is 0 Å². The lowest BCUT2D eigenvalue weighted by molar-refractivity contribution is 0.214. The van der Waals surface area contributed by atoms with Gasteiger partial charge in [-0.1, -0.05) is 0 Å². The van der Waals surface area contributed by atoms with E-state index in [0.717, 1.165) is 43.8 Å². The molecule has 4 nitrogen and oxygen atoms in total. The average Bonchev–Trinajstić information content (AvgIpc) is 2.94. The number of fused-ring (bicyclic) bond motifs is 1. The highest BCUT2D eigenvalue weighted by Crippen LogP contribution is 2.30. The Balaban J connectivity index is 1.60. The maximum absolute atomic E-state index is 9.21. The van der Waals surface area contributed by atoms with E-state index in [-0.39, 0.29) is 0 Å². The lowest BCUT2D eigenvalue weighted by Crippen LogP contribution is -2.44. The molecule has 0 bridgehead atoms. The Morgan fingerprint density at radius 2 is 2.25 bits per heavy atom. The number of aliphatic hydroxyl groups is 1. The van der Waals surface area contributed by atoms with Gasteiger partial charge in [0.1, 0.15) is 18.1 Å². The lowest BCUT2D eigenvalue weighted by atomic mass is 10.0. The van der Waals surface area contributed by atoms with Gasteiger partial charge in [-0.15, -0.1) is 0 Å². The molecule has 110 valence electrons. The SMILES string of the molecule is COc1ccc2c(c1)C[C@H](N[C@H]1CC[C@@H](CO)C1)CO2. The summed E-state index contributed by atoms with van der Waals surface area (Å²) in [6.07, 6.45) is 4.35. The van der Waals surface area contributed by atoms with Gasteiger partial charge in [0.25, 0.3) is 0 Å². The summed E-state index contributed by atoms with van der Waals surface area (Å²) in [5.41, 5.74) is 1.21. The molecule has 1 aromatic carbocycles. The van der Waals surface area contributed by atoms with Crippen molar-refractivity contribution in [3.63, 3.8) is 0 Å². The number of ether oxygens (including phenoxy) is 2. The summed E-state index contributed by atoms with van der Waals surface area (Å²) in [5, 5.41) is 12.9. The van der Waals surface area contributed by atoms with E-state index in [1.807, 2.05) is 12.1 Å². The van der Waals surface area contributed by atoms with Crippen LogP contribution in [0.2, 0.25) is 0 Å². The fraction of sp³-hybridized carbons (Fsp3) is 0.625. The number of aliphatic hydroxyl groups excluding tert-OH is 1. The average molecular weight is 277 g/mol. The molecule has 0 unspecified atom stereocenters. The molecule has 2 N–H and O–H groups in total. The topological polar surface area (TPSA) is 50.7 Å². The van der Waals surface area contributed by atoms with Gasteiger partial charge < -0.3 is 19.9 Å². The minimum Gasteiger partial charge on any atom is -0.497 e. The van der Waals surface area contributed by atoms with E-state index in [1.54, 1.807) is 7.11 Å². The first kappa shape index (κ1) is 13.7. The molecule has 3 atom stereocenters. The molecule has 20 heavy (non-hydrogen) atoms. The maximum atomic E-state index is 9.21. The fourth-order valence-electron chi connectivity index (χ4n) is 3.33. The van der Waals surface area contributed by atoms with E-state index in [0.29, 0.717) is 24.6 Å². The number of nitrogens with one attached hydrogen (secondary N) is 1. The molecular weight excluding hydrogens is 254 g/mol. The number of methoxy groups -OCH3 is 1. The molecule has 0 aromatic heterocycles. The fourth-order valence-corrected chi connectivity index (χ4v) is 3.33. The van der Waals surface area contributed by atoms with Crippen molar-refractivity contribution < 1.29 is 14.6 Å². The molecule has 2 aliphatic rings. The zero-order chi connectivity index (χ0) is 13.9. The van der Waals surface area contributed by atoms with Gasteiger partial charge in [0.15, 0.2) is 0 Å². The van der Waals surface area contributed by atoms with Crippen LogP contribution in [0.25, 0.3) is 0 Å². The normalized spacial score (nSPS) is 28.8. The van der Waals surface area contributed by atoms with E-state index in [2.05, 4.69) is 11.4 Å².